The Morgan fingerprint density at radius 2 is 2.17 bits per heavy atom. The highest BCUT2D eigenvalue weighted by Gasteiger charge is 1.93. The van der Waals surface area contributed by atoms with E-state index in [-0.39, 0.29) is 5.75 Å². The molecule has 0 radical (unpaired) electrons. The number of phenols is 1. The molecule has 0 aromatic heterocycles. The first-order valence-corrected chi connectivity index (χ1v) is 3.65. The van der Waals surface area contributed by atoms with Crippen molar-refractivity contribution in [1.29, 1.82) is 0 Å². The highest BCUT2D eigenvalue weighted by molar-refractivity contribution is 5.74. The summed E-state index contributed by atoms with van der Waals surface area (Å²) in [6.45, 7) is 1.81. The lowest BCUT2D eigenvalue weighted by Crippen LogP contribution is -1.77. The van der Waals surface area contributed by atoms with Crippen LogP contribution < -0.4 is 0 Å². The zero-order valence-electron chi connectivity index (χ0n) is 6.82. The minimum Gasteiger partial charge on any atom is -0.508 e. The van der Waals surface area contributed by atoms with Gasteiger partial charge in [-0.1, -0.05) is 12.1 Å². The molecule has 12 heavy (non-hydrogen) atoms. The number of phenolic OH excluding ortho intramolecular Hbond substituents is 1. The first-order chi connectivity index (χ1) is 5.74. The van der Waals surface area contributed by atoms with Crippen LogP contribution in [0.2, 0.25) is 0 Å². The van der Waals surface area contributed by atoms with Crippen molar-refractivity contribution in [2.24, 2.45) is 0 Å². The van der Waals surface area contributed by atoms with Crippen LogP contribution in [-0.2, 0) is 4.79 Å². The van der Waals surface area contributed by atoms with Gasteiger partial charge in [0.25, 0.3) is 0 Å². The van der Waals surface area contributed by atoms with E-state index in [4.69, 9.17) is 0 Å². The Labute approximate surface area is 71.2 Å². The quantitative estimate of drug-likeness (QED) is 0.532. The number of hydrogen-bond donors (Lipinski definition) is 1. The van der Waals surface area contributed by atoms with Crippen molar-refractivity contribution in [2.45, 2.75) is 6.92 Å². The molecule has 0 aliphatic rings. The predicted molar refractivity (Wildman–Crippen MR) is 47.9 cm³/mol. The maximum Gasteiger partial charge on any atom is 0.142 e. The van der Waals surface area contributed by atoms with E-state index in [0.29, 0.717) is 0 Å². The van der Waals surface area contributed by atoms with E-state index < -0.39 is 0 Å². The molecule has 0 spiro atoms. The normalized spacial score (nSPS) is 10.4. The topological polar surface area (TPSA) is 37.3 Å². The standard InChI is InChI=1S/C10H10O2/c1-8-7-9(3-2-6-11)4-5-10(8)12/h2-7,12H,1H3/b3-2+. The van der Waals surface area contributed by atoms with E-state index in [1.54, 1.807) is 18.2 Å². The number of aromatic hydroxyl groups is 1. The number of aldehydes is 1. The summed E-state index contributed by atoms with van der Waals surface area (Å²) in [5.41, 5.74) is 1.72. The molecule has 0 atom stereocenters. The second-order valence-electron chi connectivity index (χ2n) is 2.54. The van der Waals surface area contributed by atoms with Crippen LogP contribution in [0.4, 0.5) is 0 Å². The van der Waals surface area contributed by atoms with Crippen LogP contribution in [0, 0.1) is 6.92 Å². The number of carbonyl (C=O) groups is 1. The molecule has 1 rings (SSSR count). The van der Waals surface area contributed by atoms with Gasteiger partial charge < -0.3 is 5.11 Å². The smallest absolute Gasteiger partial charge is 0.142 e. The molecule has 1 aromatic carbocycles. The Kier molecular flexibility index (Phi) is 2.64. The number of benzene rings is 1. The van der Waals surface area contributed by atoms with E-state index in [2.05, 4.69) is 0 Å². The summed E-state index contributed by atoms with van der Waals surface area (Å²) in [5.74, 6) is 0.276. The maximum atomic E-state index is 9.99. The van der Waals surface area contributed by atoms with Gasteiger partial charge in [-0.25, -0.2) is 0 Å². The van der Waals surface area contributed by atoms with Crippen molar-refractivity contribution in [3.8, 4) is 5.75 Å². The zero-order chi connectivity index (χ0) is 8.97. The van der Waals surface area contributed by atoms with Gasteiger partial charge in [-0.2, -0.15) is 0 Å². The molecule has 0 heterocycles. The van der Waals surface area contributed by atoms with E-state index in [0.717, 1.165) is 17.4 Å². The van der Waals surface area contributed by atoms with Gasteiger partial charge in [-0.15, -0.1) is 0 Å². The molecular weight excluding hydrogens is 152 g/mol. The molecule has 0 amide bonds. The summed E-state index contributed by atoms with van der Waals surface area (Å²) >= 11 is 0. The SMILES string of the molecule is Cc1cc(/C=C/C=O)ccc1O. The molecule has 0 aliphatic heterocycles. The Hall–Kier alpha value is -1.57. The van der Waals surface area contributed by atoms with E-state index in [1.807, 2.05) is 13.0 Å². The van der Waals surface area contributed by atoms with Gasteiger partial charge >= 0.3 is 0 Å². The van der Waals surface area contributed by atoms with Crippen LogP contribution >= 0.6 is 0 Å². The number of hydrogen-bond acceptors (Lipinski definition) is 2. The fourth-order valence-corrected chi connectivity index (χ4v) is 0.933. The maximum absolute atomic E-state index is 9.99. The Morgan fingerprint density at radius 1 is 1.42 bits per heavy atom. The van der Waals surface area contributed by atoms with Crippen molar-refractivity contribution in [3.05, 3.63) is 35.4 Å². The lowest BCUT2D eigenvalue weighted by molar-refractivity contribution is -0.104. The summed E-state index contributed by atoms with van der Waals surface area (Å²) in [4.78, 5) is 9.99. The van der Waals surface area contributed by atoms with Gasteiger partial charge in [0.2, 0.25) is 0 Å². The molecular formula is C10H10O2. The average molecular weight is 162 g/mol. The van der Waals surface area contributed by atoms with Crippen molar-refractivity contribution < 1.29 is 9.90 Å². The molecule has 0 fully saturated rings. The van der Waals surface area contributed by atoms with Crippen LogP contribution in [0.15, 0.2) is 24.3 Å². The summed E-state index contributed by atoms with van der Waals surface area (Å²) < 4.78 is 0. The minimum absolute atomic E-state index is 0.276. The molecule has 0 bridgehead atoms. The van der Waals surface area contributed by atoms with E-state index >= 15 is 0 Å². The number of aryl methyl sites for hydroxylation is 1. The third kappa shape index (κ3) is 1.95. The van der Waals surface area contributed by atoms with Gasteiger partial charge in [0.1, 0.15) is 12.0 Å². The predicted octanol–water partition coefficient (Wildman–Crippen LogP) is 1.91. The molecule has 0 saturated heterocycles. The fraction of sp³-hybridized carbons (Fsp3) is 0.100. The highest BCUT2D eigenvalue weighted by Crippen LogP contribution is 2.17. The number of rotatable bonds is 2. The summed E-state index contributed by atoms with van der Waals surface area (Å²) in [5, 5.41) is 9.18. The van der Waals surface area contributed by atoms with Crippen LogP contribution in [0.1, 0.15) is 11.1 Å². The Bertz CT molecular complexity index is 314. The average Bonchev–Trinajstić information content (AvgIpc) is 2.07. The van der Waals surface area contributed by atoms with Crippen LogP contribution in [0.5, 0.6) is 5.75 Å². The molecule has 1 N–H and O–H groups in total. The van der Waals surface area contributed by atoms with E-state index in [9.17, 15) is 9.90 Å². The van der Waals surface area contributed by atoms with Gasteiger partial charge in [-0.05, 0) is 36.3 Å². The van der Waals surface area contributed by atoms with E-state index in [1.165, 1.54) is 6.08 Å². The molecule has 2 nitrogen and oxygen atoms in total. The summed E-state index contributed by atoms with van der Waals surface area (Å²) in [7, 11) is 0. The van der Waals surface area contributed by atoms with Crippen molar-refractivity contribution >= 4 is 12.4 Å². The molecule has 0 unspecified atom stereocenters. The largest absolute Gasteiger partial charge is 0.508 e. The van der Waals surface area contributed by atoms with Crippen molar-refractivity contribution in [3.63, 3.8) is 0 Å². The highest BCUT2D eigenvalue weighted by atomic mass is 16.3. The van der Waals surface area contributed by atoms with Gasteiger partial charge in [0.05, 0.1) is 0 Å². The zero-order valence-corrected chi connectivity index (χ0v) is 6.82. The Morgan fingerprint density at radius 3 is 2.75 bits per heavy atom. The minimum atomic E-state index is 0.276. The molecule has 0 saturated carbocycles. The number of allylic oxidation sites excluding steroid dienone is 1. The summed E-state index contributed by atoms with van der Waals surface area (Å²) in [6, 6.07) is 5.18. The molecule has 2 heteroatoms. The molecule has 1 aromatic rings. The van der Waals surface area contributed by atoms with Gasteiger partial charge in [0.15, 0.2) is 0 Å². The van der Waals surface area contributed by atoms with Crippen LogP contribution in [-0.4, -0.2) is 11.4 Å². The monoisotopic (exact) mass is 162 g/mol. The lowest BCUT2D eigenvalue weighted by atomic mass is 10.1. The Balaban J connectivity index is 2.96. The third-order valence-electron chi connectivity index (χ3n) is 1.59. The first-order valence-electron chi connectivity index (χ1n) is 3.65. The molecule has 0 aliphatic carbocycles. The molecule has 62 valence electrons. The van der Waals surface area contributed by atoms with Crippen molar-refractivity contribution in [2.75, 3.05) is 0 Å². The van der Waals surface area contributed by atoms with Crippen molar-refractivity contribution in [1.82, 2.24) is 0 Å². The van der Waals surface area contributed by atoms with Crippen LogP contribution in [0.25, 0.3) is 6.08 Å². The second kappa shape index (κ2) is 3.72. The van der Waals surface area contributed by atoms with Gasteiger partial charge in [-0.3, -0.25) is 4.79 Å². The summed E-state index contributed by atoms with van der Waals surface area (Å²) in [6.07, 6.45) is 3.84. The second-order valence-corrected chi connectivity index (χ2v) is 2.54. The van der Waals surface area contributed by atoms with Crippen LogP contribution in [0.3, 0.4) is 0 Å². The number of carbonyl (C=O) groups excluding carboxylic acids is 1. The van der Waals surface area contributed by atoms with Gasteiger partial charge in [0, 0.05) is 0 Å². The first kappa shape index (κ1) is 8.53. The fourth-order valence-electron chi connectivity index (χ4n) is 0.933. The third-order valence-corrected chi connectivity index (χ3v) is 1.59. The lowest BCUT2D eigenvalue weighted by Gasteiger charge is -1.98.